The maximum atomic E-state index is 12.2. The molecular formula is C17H16N2O2S. The zero-order valence-electron chi connectivity index (χ0n) is 12.4. The second-order valence-electron chi connectivity index (χ2n) is 5.04. The molecule has 5 heteroatoms. The summed E-state index contributed by atoms with van der Waals surface area (Å²) >= 11 is 1.56. The molecule has 0 radical (unpaired) electrons. The molecule has 0 aliphatic heterocycles. The topological polar surface area (TPSA) is 55.1 Å². The minimum Gasteiger partial charge on any atom is -0.440 e. The van der Waals surface area contributed by atoms with Crippen molar-refractivity contribution in [2.75, 3.05) is 5.32 Å². The van der Waals surface area contributed by atoms with Gasteiger partial charge in [-0.3, -0.25) is 4.79 Å². The molecular weight excluding hydrogens is 296 g/mol. The number of nitrogens with one attached hydrogen (secondary N) is 1. The van der Waals surface area contributed by atoms with Crippen LogP contribution in [-0.2, 0) is 11.2 Å². The number of rotatable bonds is 4. The number of oxazole rings is 1. The molecule has 2 heterocycles. The van der Waals surface area contributed by atoms with Gasteiger partial charge in [0.2, 0.25) is 11.8 Å². The monoisotopic (exact) mass is 312 g/mol. The standard InChI is InChI=1S/C17H16N2O2S/c1-11-6-3-4-7-13(11)18-16(20)10-14-12(2)21-17(19-14)15-8-5-9-22-15/h3-9H,10H2,1-2H3,(H,18,20). The molecule has 0 bridgehead atoms. The number of hydrogen-bond donors (Lipinski definition) is 1. The van der Waals surface area contributed by atoms with Crippen LogP contribution in [0.1, 0.15) is 17.0 Å². The molecule has 0 saturated heterocycles. The summed E-state index contributed by atoms with van der Waals surface area (Å²) in [6.07, 6.45) is 0.203. The predicted molar refractivity (Wildman–Crippen MR) is 88.1 cm³/mol. The zero-order chi connectivity index (χ0) is 15.5. The van der Waals surface area contributed by atoms with Crippen molar-refractivity contribution in [1.82, 2.24) is 4.98 Å². The summed E-state index contributed by atoms with van der Waals surface area (Å²) < 4.78 is 5.65. The molecule has 0 spiro atoms. The number of thiophene rings is 1. The molecule has 112 valence electrons. The number of aromatic nitrogens is 1. The van der Waals surface area contributed by atoms with Crippen LogP contribution in [-0.4, -0.2) is 10.9 Å². The molecule has 1 aromatic carbocycles. The van der Waals surface area contributed by atoms with Gasteiger partial charge in [-0.2, -0.15) is 0 Å². The molecule has 0 atom stereocenters. The first kappa shape index (κ1) is 14.5. The van der Waals surface area contributed by atoms with Gasteiger partial charge in [0, 0.05) is 5.69 Å². The predicted octanol–water partition coefficient (Wildman–Crippen LogP) is 4.20. The largest absolute Gasteiger partial charge is 0.440 e. The van der Waals surface area contributed by atoms with Gasteiger partial charge >= 0.3 is 0 Å². The summed E-state index contributed by atoms with van der Waals surface area (Å²) in [5, 5.41) is 4.88. The van der Waals surface area contributed by atoms with Crippen molar-refractivity contribution in [3.63, 3.8) is 0 Å². The van der Waals surface area contributed by atoms with Gasteiger partial charge in [0.1, 0.15) is 5.76 Å². The fourth-order valence-electron chi connectivity index (χ4n) is 2.16. The number of anilines is 1. The van der Waals surface area contributed by atoms with E-state index in [2.05, 4.69) is 10.3 Å². The average Bonchev–Trinajstić information content (AvgIpc) is 3.12. The van der Waals surface area contributed by atoms with E-state index in [1.165, 1.54) is 0 Å². The van der Waals surface area contributed by atoms with Crippen LogP contribution >= 0.6 is 11.3 Å². The molecule has 0 saturated carbocycles. The fraction of sp³-hybridized carbons (Fsp3) is 0.176. The van der Waals surface area contributed by atoms with Crippen molar-refractivity contribution in [3.05, 3.63) is 58.8 Å². The maximum absolute atomic E-state index is 12.2. The molecule has 1 N–H and O–H groups in total. The highest BCUT2D eigenvalue weighted by Gasteiger charge is 2.15. The number of nitrogens with zero attached hydrogens (tertiary/aromatic N) is 1. The van der Waals surface area contributed by atoms with Crippen molar-refractivity contribution < 1.29 is 9.21 Å². The van der Waals surface area contributed by atoms with Crippen molar-refractivity contribution in [3.8, 4) is 10.8 Å². The van der Waals surface area contributed by atoms with E-state index in [4.69, 9.17) is 4.42 Å². The van der Waals surface area contributed by atoms with E-state index >= 15 is 0 Å². The fourth-order valence-corrected chi connectivity index (χ4v) is 2.81. The number of aryl methyl sites for hydroxylation is 2. The van der Waals surface area contributed by atoms with Crippen LogP contribution in [0.5, 0.6) is 0 Å². The molecule has 0 aliphatic carbocycles. The summed E-state index contributed by atoms with van der Waals surface area (Å²) in [5.74, 6) is 1.16. The van der Waals surface area contributed by atoms with E-state index in [-0.39, 0.29) is 12.3 Å². The minimum atomic E-state index is -0.0940. The first-order chi connectivity index (χ1) is 10.6. The molecule has 1 amide bonds. The molecule has 0 unspecified atom stereocenters. The molecule has 0 aliphatic rings. The van der Waals surface area contributed by atoms with E-state index in [0.717, 1.165) is 16.1 Å². The van der Waals surface area contributed by atoms with Crippen LogP contribution < -0.4 is 5.32 Å². The molecule has 22 heavy (non-hydrogen) atoms. The summed E-state index contributed by atoms with van der Waals surface area (Å²) in [7, 11) is 0. The van der Waals surface area contributed by atoms with Crippen LogP contribution in [0.15, 0.2) is 46.2 Å². The average molecular weight is 312 g/mol. The Balaban J connectivity index is 1.73. The number of benzene rings is 1. The lowest BCUT2D eigenvalue weighted by Crippen LogP contribution is -2.15. The van der Waals surface area contributed by atoms with Gasteiger partial charge in [-0.25, -0.2) is 4.98 Å². The minimum absolute atomic E-state index is 0.0940. The van der Waals surface area contributed by atoms with Crippen LogP contribution in [0.2, 0.25) is 0 Å². The Morgan fingerprint density at radius 2 is 2.05 bits per heavy atom. The molecule has 4 nitrogen and oxygen atoms in total. The SMILES string of the molecule is Cc1ccccc1NC(=O)Cc1nc(-c2cccs2)oc1C. The quantitative estimate of drug-likeness (QED) is 0.785. The maximum Gasteiger partial charge on any atom is 0.236 e. The van der Waals surface area contributed by atoms with E-state index in [0.29, 0.717) is 17.3 Å². The molecule has 3 rings (SSSR count). The first-order valence-electron chi connectivity index (χ1n) is 6.99. The van der Waals surface area contributed by atoms with Gasteiger partial charge < -0.3 is 9.73 Å². The Morgan fingerprint density at radius 1 is 1.23 bits per heavy atom. The number of amides is 1. The van der Waals surface area contributed by atoms with E-state index in [1.54, 1.807) is 11.3 Å². The lowest BCUT2D eigenvalue weighted by Gasteiger charge is -2.07. The van der Waals surface area contributed by atoms with Gasteiger partial charge in [0.05, 0.1) is 17.0 Å². The highest BCUT2D eigenvalue weighted by atomic mass is 32.1. The third kappa shape index (κ3) is 3.09. The smallest absolute Gasteiger partial charge is 0.236 e. The second-order valence-corrected chi connectivity index (χ2v) is 5.99. The highest BCUT2D eigenvalue weighted by molar-refractivity contribution is 7.13. The number of hydrogen-bond acceptors (Lipinski definition) is 4. The highest BCUT2D eigenvalue weighted by Crippen LogP contribution is 2.26. The zero-order valence-corrected chi connectivity index (χ0v) is 13.2. The van der Waals surface area contributed by atoms with Crippen molar-refractivity contribution in [2.45, 2.75) is 20.3 Å². The van der Waals surface area contributed by atoms with Gasteiger partial charge in [-0.15, -0.1) is 11.3 Å². The van der Waals surface area contributed by atoms with Crippen LogP contribution in [0.25, 0.3) is 10.8 Å². The first-order valence-corrected chi connectivity index (χ1v) is 7.87. The van der Waals surface area contributed by atoms with Crippen LogP contribution in [0.3, 0.4) is 0 Å². The summed E-state index contributed by atoms with van der Waals surface area (Å²) in [6, 6.07) is 11.6. The molecule has 0 fully saturated rings. The summed E-state index contributed by atoms with van der Waals surface area (Å²) in [6.45, 7) is 3.80. The Labute approximate surface area is 132 Å². The van der Waals surface area contributed by atoms with Gasteiger partial charge in [0.25, 0.3) is 0 Å². The third-order valence-corrected chi connectivity index (χ3v) is 4.23. The van der Waals surface area contributed by atoms with E-state index < -0.39 is 0 Å². The normalized spacial score (nSPS) is 10.6. The van der Waals surface area contributed by atoms with E-state index in [1.807, 2.05) is 55.6 Å². The van der Waals surface area contributed by atoms with Gasteiger partial charge in [-0.05, 0) is 36.9 Å². The summed E-state index contributed by atoms with van der Waals surface area (Å²) in [4.78, 5) is 17.6. The van der Waals surface area contributed by atoms with Gasteiger partial charge in [-0.1, -0.05) is 24.3 Å². The lowest BCUT2D eigenvalue weighted by molar-refractivity contribution is -0.115. The van der Waals surface area contributed by atoms with Crippen LogP contribution in [0, 0.1) is 13.8 Å². The summed E-state index contributed by atoms with van der Waals surface area (Å²) in [5.41, 5.74) is 2.54. The van der Waals surface area contributed by atoms with Crippen molar-refractivity contribution in [2.24, 2.45) is 0 Å². The molecule has 3 aromatic rings. The van der Waals surface area contributed by atoms with Crippen molar-refractivity contribution >= 4 is 22.9 Å². The number of carbonyl (C=O) groups excluding carboxylic acids is 1. The Kier molecular flexibility index (Phi) is 4.06. The Morgan fingerprint density at radius 3 is 2.77 bits per heavy atom. The van der Waals surface area contributed by atoms with Crippen LogP contribution in [0.4, 0.5) is 5.69 Å². The Bertz CT molecular complexity index is 791. The Hall–Kier alpha value is -2.40. The van der Waals surface area contributed by atoms with Crippen molar-refractivity contribution in [1.29, 1.82) is 0 Å². The number of para-hydroxylation sites is 1. The van der Waals surface area contributed by atoms with E-state index in [9.17, 15) is 4.79 Å². The second kappa shape index (κ2) is 6.15. The van der Waals surface area contributed by atoms with Gasteiger partial charge in [0.15, 0.2) is 0 Å². The lowest BCUT2D eigenvalue weighted by atomic mass is 10.2. The molecule has 2 aromatic heterocycles. The number of carbonyl (C=O) groups is 1. The third-order valence-electron chi connectivity index (χ3n) is 3.37.